The highest BCUT2D eigenvalue weighted by Crippen LogP contribution is 2.28. The molecule has 1 nitrogen and oxygen atoms in total. The number of fused-ring (bicyclic) bond motifs is 1. The van der Waals surface area contributed by atoms with Gasteiger partial charge in [-0.15, -0.1) is 0 Å². The molecule has 0 aromatic heterocycles. The molecule has 1 aromatic rings. The predicted molar refractivity (Wildman–Crippen MR) is 54.4 cm³/mol. The highest BCUT2D eigenvalue weighted by atomic mass is 16.5. The molecule has 70 valence electrons. The summed E-state index contributed by atoms with van der Waals surface area (Å²) in [7, 11) is 0. The Morgan fingerprint density at radius 1 is 1.38 bits per heavy atom. The van der Waals surface area contributed by atoms with Gasteiger partial charge >= 0.3 is 0 Å². The van der Waals surface area contributed by atoms with Crippen LogP contribution in [-0.4, -0.2) is 6.61 Å². The largest absolute Gasteiger partial charge is 0.493 e. The SMILES string of the molecule is CCc1cc2c(cc1C)OCCC2. The summed E-state index contributed by atoms with van der Waals surface area (Å²) < 4.78 is 5.60. The zero-order valence-corrected chi connectivity index (χ0v) is 8.39. The molecule has 1 heterocycles. The summed E-state index contributed by atoms with van der Waals surface area (Å²) in [5.41, 5.74) is 4.22. The third kappa shape index (κ3) is 1.55. The van der Waals surface area contributed by atoms with Crippen LogP contribution < -0.4 is 4.74 Å². The predicted octanol–water partition coefficient (Wildman–Crippen LogP) is 2.88. The van der Waals surface area contributed by atoms with Crippen molar-refractivity contribution in [1.82, 2.24) is 0 Å². The van der Waals surface area contributed by atoms with Crippen LogP contribution in [-0.2, 0) is 12.8 Å². The van der Waals surface area contributed by atoms with Crippen molar-refractivity contribution in [2.75, 3.05) is 6.61 Å². The number of aryl methyl sites for hydroxylation is 3. The lowest BCUT2D eigenvalue weighted by Gasteiger charge is -2.19. The van der Waals surface area contributed by atoms with E-state index in [1.165, 1.54) is 29.5 Å². The monoisotopic (exact) mass is 176 g/mol. The summed E-state index contributed by atoms with van der Waals surface area (Å²) >= 11 is 0. The molecule has 1 aliphatic rings. The zero-order chi connectivity index (χ0) is 9.26. The quantitative estimate of drug-likeness (QED) is 0.639. The van der Waals surface area contributed by atoms with Crippen LogP contribution in [0.4, 0.5) is 0 Å². The normalized spacial score (nSPS) is 14.9. The van der Waals surface area contributed by atoms with E-state index in [1.54, 1.807) is 0 Å². The molecule has 0 bridgehead atoms. The lowest BCUT2D eigenvalue weighted by atomic mass is 9.98. The second-order valence-electron chi connectivity index (χ2n) is 3.69. The molecule has 0 aliphatic carbocycles. The average Bonchev–Trinajstić information content (AvgIpc) is 2.17. The molecule has 1 aromatic carbocycles. The van der Waals surface area contributed by atoms with Crippen molar-refractivity contribution >= 4 is 0 Å². The first-order valence-electron chi connectivity index (χ1n) is 5.06. The molecule has 0 saturated carbocycles. The Hall–Kier alpha value is -0.980. The van der Waals surface area contributed by atoms with Crippen LogP contribution in [0.1, 0.15) is 30.0 Å². The van der Waals surface area contributed by atoms with E-state index < -0.39 is 0 Å². The van der Waals surface area contributed by atoms with E-state index in [1.807, 2.05) is 0 Å². The molecule has 0 fully saturated rings. The van der Waals surface area contributed by atoms with Crippen molar-refractivity contribution in [3.8, 4) is 5.75 Å². The van der Waals surface area contributed by atoms with Crippen LogP contribution in [0.2, 0.25) is 0 Å². The first-order valence-corrected chi connectivity index (χ1v) is 5.06. The Bertz CT molecular complexity index is 315. The van der Waals surface area contributed by atoms with Crippen LogP contribution in [0, 0.1) is 6.92 Å². The highest BCUT2D eigenvalue weighted by molar-refractivity contribution is 5.43. The van der Waals surface area contributed by atoms with E-state index in [2.05, 4.69) is 26.0 Å². The van der Waals surface area contributed by atoms with Crippen LogP contribution in [0.15, 0.2) is 12.1 Å². The van der Waals surface area contributed by atoms with Crippen molar-refractivity contribution in [3.63, 3.8) is 0 Å². The van der Waals surface area contributed by atoms with Gasteiger partial charge in [0.1, 0.15) is 5.75 Å². The summed E-state index contributed by atoms with van der Waals surface area (Å²) in [4.78, 5) is 0. The Kier molecular flexibility index (Phi) is 2.26. The lowest BCUT2D eigenvalue weighted by molar-refractivity contribution is 0.288. The van der Waals surface area contributed by atoms with Gasteiger partial charge in [-0.3, -0.25) is 0 Å². The molecule has 0 spiro atoms. The van der Waals surface area contributed by atoms with Crippen molar-refractivity contribution in [1.29, 1.82) is 0 Å². The number of hydrogen-bond donors (Lipinski definition) is 0. The molecule has 13 heavy (non-hydrogen) atoms. The zero-order valence-electron chi connectivity index (χ0n) is 8.39. The van der Waals surface area contributed by atoms with Gasteiger partial charge in [-0.2, -0.15) is 0 Å². The fourth-order valence-corrected chi connectivity index (χ4v) is 1.93. The molecular weight excluding hydrogens is 160 g/mol. The molecule has 0 unspecified atom stereocenters. The number of rotatable bonds is 1. The van der Waals surface area contributed by atoms with Gasteiger partial charge in [-0.05, 0) is 48.9 Å². The summed E-state index contributed by atoms with van der Waals surface area (Å²) in [6, 6.07) is 4.50. The fraction of sp³-hybridized carbons (Fsp3) is 0.500. The van der Waals surface area contributed by atoms with Crippen molar-refractivity contribution in [2.24, 2.45) is 0 Å². The van der Waals surface area contributed by atoms with E-state index in [0.29, 0.717) is 0 Å². The topological polar surface area (TPSA) is 9.23 Å². The first-order chi connectivity index (χ1) is 6.31. The molecule has 2 rings (SSSR count). The van der Waals surface area contributed by atoms with E-state index in [0.717, 1.165) is 18.8 Å². The van der Waals surface area contributed by atoms with E-state index in [9.17, 15) is 0 Å². The minimum absolute atomic E-state index is 0.887. The Morgan fingerprint density at radius 3 is 3.00 bits per heavy atom. The van der Waals surface area contributed by atoms with E-state index >= 15 is 0 Å². The number of ether oxygens (including phenoxy) is 1. The second kappa shape index (κ2) is 3.41. The molecule has 0 saturated heterocycles. The Morgan fingerprint density at radius 2 is 2.23 bits per heavy atom. The lowest BCUT2D eigenvalue weighted by Crippen LogP contribution is -2.09. The molecule has 0 amide bonds. The smallest absolute Gasteiger partial charge is 0.122 e. The molecular formula is C12H16O. The molecule has 1 aliphatic heterocycles. The number of hydrogen-bond acceptors (Lipinski definition) is 1. The summed E-state index contributed by atoms with van der Waals surface area (Å²) in [5.74, 6) is 1.11. The van der Waals surface area contributed by atoms with Gasteiger partial charge in [0.2, 0.25) is 0 Å². The minimum atomic E-state index is 0.887. The highest BCUT2D eigenvalue weighted by Gasteiger charge is 2.11. The average molecular weight is 176 g/mol. The van der Waals surface area contributed by atoms with Crippen molar-refractivity contribution in [2.45, 2.75) is 33.1 Å². The summed E-state index contributed by atoms with van der Waals surface area (Å²) in [5, 5.41) is 0. The standard InChI is InChI=1S/C12H16O/c1-3-10-8-11-5-4-6-13-12(11)7-9(10)2/h7-8H,3-6H2,1-2H3. The van der Waals surface area contributed by atoms with Crippen LogP contribution in [0.25, 0.3) is 0 Å². The van der Waals surface area contributed by atoms with Gasteiger partial charge in [-0.25, -0.2) is 0 Å². The van der Waals surface area contributed by atoms with Gasteiger partial charge in [0.15, 0.2) is 0 Å². The molecule has 0 radical (unpaired) electrons. The molecule has 0 atom stereocenters. The van der Waals surface area contributed by atoms with Crippen molar-refractivity contribution in [3.05, 3.63) is 28.8 Å². The fourth-order valence-electron chi connectivity index (χ4n) is 1.93. The molecule has 1 heteroatoms. The van der Waals surface area contributed by atoms with Crippen LogP contribution in [0.5, 0.6) is 5.75 Å². The maximum Gasteiger partial charge on any atom is 0.122 e. The van der Waals surface area contributed by atoms with Crippen molar-refractivity contribution < 1.29 is 4.74 Å². The van der Waals surface area contributed by atoms with Crippen LogP contribution >= 0.6 is 0 Å². The third-order valence-corrected chi connectivity index (χ3v) is 2.75. The van der Waals surface area contributed by atoms with Gasteiger partial charge in [-0.1, -0.05) is 13.0 Å². The first kappa shape index (κ1) is 8.61. The number of benzene rings is 1. The molecule has 0 N–H and O–H groups in total. The van der Waals surface area contributed by atoms with E-state index in [4.69, 9.17) is 4.74 Å². The maximum atomic E-state index is 5.60. The second-order valence-corrected chi connectivity index (χ2v) is 3.69. The third-order valence-electron chi connectivity index (χ3n) is 2.75. The minimum Gasteiger partial charge on any atom is -0.493 e. The van der Waals surface area contributed by atoms with Crippen LogP contribution in [0.3, 0.4) is 0 Å². The Labute approximate surface area is 79.7 Å². The van der Waals surface area contributed by atoms with Gasteiger partial charge < -0.3 is 4.74 Å². The van der Waals surface area contributed by atoms with E-state index in [-0.39, 0.29) is 0 Å². The van der Waals surface area contributed by atoms with Gasteiger partial charge in [0.25, 0.3) is 0 Å². The Balaban J connectivity index is 2.44. The van der Waals surface area contributed by atoms with Gasteiger partial charge in [0.05, 0.1) is 6.61 Å². The van der Waals surface area contributed by atoms with Gasteiger partial charge in [0, 0.05) is 0 Å². The summed E-state index contributed by atoms with van der Waals surface area (Å²) in [6.45, 7) is 5.26. The summed E-state index contributed by atoms with van der Waals surface area (Å²) in [6.07, 6.45) is 3.47. The maximum absolute atomic E-state index is 5.60.